The minimum atomic E-state index is -1.84. The van der Waals surface area contributed by atoms with E-state index in [4.69, 9.17) is 18.5 Å². The van der Waals surface area contributed by atoms with Crippen molar-refractivity contribution in [2.24, 2.45) is 5.92 Å². The third-order valence-corrected chi connectivity index (χ3v) is 7.97. The quantitative estimate of drug-likeness (QED) is 0.120. The van der Waals surface area contributed by atoms with Gasteiger partial charge in [-0.3, -0.25) is 19.3 Å². The van der Waals surface area contributed by atoms with Gasteiger partial charge >= 0.3 is 20.5 Å². The van der Waals surface area contributed by atoms with Crippen molar-refractivity contribution in [3.05, 3.63) is 66.4 Å². The summed E-state index contributed by atoms with van der Waals surface area (Å²) in [6, 6.07) is 13.5. The highest BCUT2D eigenvalue weighted by atomic mass is 31.2. The van der Waals surface area contributed by atoms with Crippen LogP contribution in [0.4, 0.5) is 4.79 Å². The first-order valence-electron chi connectivity index (χ1n) is 14.3. The molecule has 3 rings (SSSR count). The number of nitrogens with one attached hydrogen (secondary N) is 3. The molecule has 12 nitrogen and oxygen atoms in total. The number of aldehydes is 1. The van der Waals surface area contributed by atoms with Gasteiger partial charge in [-0.15, -0.1) is 0 Å². The van der Waals surface area contributed by atoms with Crippen LogP contribution in [0.15, 0.2) is 60.8 Å². The standard InChI is InChI=1S/C31H41N4O8P/c1-20(2)41-30(38)22(4)34-44(40-19-27-17-21(3)29(42-27)35(15-8-16-36)31(39)33-6)43-26-13-11-23(12-14-26)24-9-7-10-25(18-24)28(37)32-5/h7-16,18,20-22,27,29,34H,17,19H2,1-6H3,(H,32,37)(H,33,39)/b15-8-/t21?,22-,27?,29?,44?/m0/s1. The maximum atomic E-state index is 12.5. The van der Waals surface area contributed by atoms with Crippen LogP contribution in [0, 0.1) is 5.92 Å². The molecule has 44 heavy (non-hydrogen) atoms. The van der Waals surface area contributed by atoms with Crippen LogP contribution in [0.1, 0.15) is 44.5 Å². The van der Waals surface area contributed by atoms with E-state index in [-0.39, 0.29) is 30.6 Å². The first-order valence-corrected chi connectivity index (χ1v) is 15.5. The normalized spacial score (nSPS) is 19.3. The Labute approximate surface area is 259 Å². The van der Waals surface area contributed by atoms with E-state index in [1.165, 1.54) is 24.2 Å². The second kappa shape index (κ2) is 16.9. The molecule has 2 aromatic carbocycles. The smallest absolute Gasteiger partial charge is 0.323 e. The van der Waals surface area contributed by atoms with Crippen LogP contribution in [-0.2, 0) is 23.6 Å². The number of hydrogen-bond acceptors (Lipinski definition) is 9. The van der Waals surface area contributed by atoms with Gasteiger partial charge in [0.05, 0.1) is 18.8 Å². The van der Waals surface area contributed by atoms with Gasteiger partial charge in [-0.05, 0) is 68.7 Å². The Hall–Kier alpha value is -3.83. The van der Waals surface area contributed by atoms with Crippen molar-refractivity contribution in [1.29, 1.82) is 0 Å². The first kappa shape index (κ1) is 34.7. The SMILES string of the molecule is CNC(=O)c1cccc(-c2ccc(OP(N[C@@H](C)C(=O)OC(C)C)OCC3CC(C)C(N(/C=C\C=O)C(=O)NC)O3)cc2)c1. The number of nitrogens with zero attached hydrogens (tertiary/aromatic N) is 1. The molecule has 1 fully saturated rings. The number of esters is 1. The van der Waals surface area contributed by atoms with Crippen LogP contribution in [0.2, 0.25) is 0 Å². The number of carbonyl (C=O) groups is 4. The van der Waals surface area contributed by atoms with E-state index in [2.05, 4.69) is 15.7 Å². The van der Waals surface area contributed by atoms with Crippen LogP contribution >= 0.6 is 8.53 Å². The summed E-state index contributed by atoms with van der Waals surface area (Å²) in [6.45, 7) is 7.28. The number of carbonyl (C=O) groups excluding carboxylic acids is 4. The Morgan fingerprint density at radius 1 is 1.07 bits per heavy atom. The molecule has 3 amide bonds. The van der Waals surface area contributed by atoms with Crippen molar-refractivity contribution < 1.29 is 37.7 Å². The molecule has 4 unspecified atom stereocenters. The Balaban J connectivity index is 1.73. The van der Waals surface area contributed by atoms with Crippen LogP contribution in [0.5, 0.6) is 5.75 Å². The van der Waals surface area contributed by atoms with Crippen molar-refractivity contribution in [3.63, 3.8) is 0 Å². The zero-order valence-electron chi connectivity index (χ0n) is 25.8. The molecule has 5 atom stereocenters. The van der Waals surface area contributed by atoms with Crippen LogP contribution < -0.4 is 20.2 Å². The summed E-state index contributed by atoms with van der Waals surface area (Å²) < 4.78 is 23.8. The van der Waals surface area contributed by atoms with Crippen molar-refractivity contribution in [3.8, 4) is 16.9 Å². The zero-order chi connectivity index (χ0) is 32.2. The Kier molecular flexibility index (Phi) is 13.3. The fourth-order valence-corrected chi connectivity index (χ4v) is 5.68. The Morgan fingerprint density at radius 2 is 1.80 bits per heavy atom. The van der Waals surface area contributed by atoms with E-state index in [1.54, 1.807) is 46.0 Å². The third kappa shape index (κ3) is 9.85. The molecule has 0 aliphatic carbocycles. The van der Waals surface area contributed by atoms with Gasteiger partial charge in [-0.2, -0.15) is 0 Å². The summed E-state index contributed by atoms with van der Waals surface area (Å²) in [5.41, 5.74) is 2.31. The summed E-state index contributed by atoms with van der Waals surface area (Å²) in [7, 11) is 1.25. The van der Waals surface area contributed by atoms with Crippen LogP contribution in [-0.4, -0.2) is 74.3 Å². The maximum Gasteiger partial charge on any atom is 0.323 e. The zero-order valence-corrected chi connectivity index (χ0v) is 26.7. The molecule has 2 aromatic rings. The number of hydrogen-bond donors (Lipinski definition) is 3. The molecule has 0 saturated carbocycles. The van der Waals surface area contributed by atoms with E-state index >= 15 is 0 Å². The number of urea groups is 1. The topological polar surface area (TPSA) is 145 Å². The molecule has 0 aromatic heterocycles. The molecule has 0 bridgehead atoms. The maximum absolute atomic E-state index is 12.5. The van der Waals surface area contributed by atoms with Gasteiger partial charge < -0.3 is 29.2 Å². The highest BCUT2D eigenvalue weighted by Crippen LogP contribution is 2.39. The average molecular weight is 629 g/mol. The molecular weight excluding hydrogens is 587 g/mol. The van der Waals surface area contributed by atoms with Crippen molar-refractivity contribution in [2.45, 2.75) is 58.6 Å². The molecule has 1 aliphatic rings. The van der Waals surface area contributed by atoms with Gasteiger partial charge in [0.2, 0.25) is 0 Å². The molecule has 1 aliphatic heterocycles. The van der Waals surface area contributed by atoms with Crippen molar-refractivity contribution >= 4 is 32.7 Å². The molecular formula is C31H41N4O8P. The largest absolute Gasteiger partial charge is 0.462 e. The summed E-state index contributed by atoms with van der Waals surface area (Å²) in [6.07, 6.45) is 2.53. The molecule has 3 N–H and O–H groups in total. The number of allylic oxidation sites excluding steroid dienone is 1. The van der Waals surface area contributed by atoms with Gasteiger partial charge in [0.1, 0.15) is 24.3 Å². The lowest BCUT2D eigenvalue weighted by atomic mass is 10.0. The number of ether oxygens (including phenoxy) is 2. The van der Waals surface area contributed by atoms with Gasteiger partial charge in [-0.1, -0.05) is 31.2 Å². The molecule has 0 radical (unpaired) electrons. The van der Waals surface area contributed by atoms with E-state index in [0.717, 1.165) is 11.1 Å². The molecule has 1 heterocycles. The van der Waals surface area contributed by atoms with Crippen LogP contribution in [0.3, 0.4) is 0 Å². The summed E-state index contributed by atoms with van der Waals surface area (Å²) in [4.78, 5) is 49.2. The number of rotatable bonds is 14. The number of benzene rings is 2. The van der Waals surface area contributed by atoms with Crippen molar-refractivity contribution in [2.75, 3.05) is 20.7 Å². The summed E-state index contributed by atoms with van der Waals surface area (Å²) in [5, 5.41) is 8.27. The molecule has 238 valence electrons. The van der Waals surface area contributed by atoms with E-state index in [9.17, 15) is 19.2 Å². The van der Waals surface area contributed by atoms with E-state index < -0.39 is 32.8 Å². The van der Waals surface area contributed by atoms with Gasteiger partial charge in [0, 0.05) is 31.8 Å². The highest BCUT2D eigenvalue weighted by Gasteiger charge is 2.38. The first-order chi connectivity index (χ1) is 21.1. The lowest BCUT2D eigenvalue weighted by molar-refractivity contribution is -0.149. The summed E-state index contributed by atoms with van der Waals surface area (Å²) >= 11 is 0. The lowest BCUT2D eigenvalue weighted by Gasteiger charge is -2.28. The van der Waals surface area contributed by atoms with Gasteiger partial charge in [-0.25, -0.2) is 9.88 Å². The minimum Gasteiger partial charge on any atom is -0.462 e. The summed E-state index contributed by atoms with van der Waals surface area (Å²) in [5.74, 6) is -0.161. The predicted molar refractivity (Wildman–Crippen MR) is 167 cm³/mol. The third-order valence-electron chi connectivity index (χ3n) is 6.61. The average Bonchev–Trinajstić information content (AvgIpc) is 3.39. The minimum absolute atomic E-state index is 0.0494. The molecule has 13 heteroatoms. The van der Waals surface area contributed by atoms with Crippen LogP contribution in [0.25, 0.3) is 11.1 Å². The van der Waals surface area contributed by atoms with Gasteiger partial charge in [0.15, 0.2) is 0 Å². The van der Waals surface area contributed by atoms with Crippen molar-refractivity contribution in [1.82, 2.24) is 20.6 Å². The fourth-order valence-electron chi connectivity index (χ4n) is 4.46. The lowest BCUT2D eigenvalue weighted by Crippen LogP contribution is -2.44. The monoisotopic (exact) mass is 628 g/mol. The highest BCUT2D eigenvalue weighted by molar-refractivity contribution is 7.45. The number of amides is 3. The Morgan fingerprint density at radius 3 is 2.43 bits per heavy atom. The van der Waals surface area contributed by atoms with E-state index in [1.807, 2.05) is 37.3 Å². The predicted octanol–water partition coefficient (Wildman–Crippen LogP) is 4.37. The van der Waals surface area contributed by atoms with E-state index in [0.29, 0.717) is 24.0 Å². The Bertz CT molecular complexity index is 1310. The second-order valence-corrected chi connectivity index (χ2v) is 11.7. The van der Waals surface area contributed by atoms with Gasteiger partial charge in [0.25, 0.3) is 5.91 Å². The fraction of sp³-hybridized carbons (Fsp3) is 0.419. The second-order valence-electron chi connectivity index (χ2n) is 10.5. The molecule has 1 saturated heterocycles. The molecule has 0 spiro atoms.